The zero-order chi connectivity index (χ0) is 19.8. The number of hydrogen-bond acceptors (Lipinski definition) is 4. The van der Waals surface area contributed by atoms with Crippen molar-refractivity contribution in [2.45, 2.75) is 26.8 Å². The van der Waals surface area contributed by atoms with Crippen LogP contribution in [0.3, 0.4) is 0 Å². The number of amides is 2. The van der Waals surface area contributed by atoms with Crippen LogP contribution in [0.5, 0.6) is 11.5 Å². The van der Waals surface area contributed by atoms with E-state index in [0.29, 0.717) is 30.3 Å². The van der Waals surface area contributed by atoms with Crippen molar-refractivity contribution >= 4 is 17.5 Å². The molecular formula is C21H26N2O4. The first-order valence-electron chi connectivity index (χ1n) is 8.76. The molecule has 27 heavy (non-hydrogen) atoms. The number of benzene rings is 2. The van der Waals surface area contributed by atoms with Gasteiger partial charge >= 0.3 is 0 Å². The first kappa shape index (κ1) is 20.3. The van der Waals surface area contributed by atoms with Crippen molar-refractivity contribution in [3.05, 3.63) is 53.6 Å². The van der Waals surface area contributed by atoms with Gasteiger partial charge in [-0.2, -0.15) is 0 Å². The Labute approximate surface area is 160 Å². The van der Waals surface area contributed by atoms with E-state index in [1.807, 2.05) is 31.2 Å². The Morgan fingerprint density at radius 2 is 1.67 bits per heavy atom. The normalized spacial score (nSPS) is 10.2. The third-order valence-corrected chi connectivity index (χ3v) is 4.22. The van der Waals surface area contributed by atoms with Gasteiger partial charge < -0.3 is 19.7 Å². The van der Waals surface area contributed by atoms with Crippen LogP contribution in [0.2, 0.25) is 0 Å². The summed E-state index contributed by atoms with van der Waals surface area (Å²) in [7, 11) is 3.10. The van der Waals surface area contributed by atoms with Gasteiger partial charge in [-0.15, -0.1) is 0 Å². The molecule has 1 N–H and O–H groups in total. The lowest BCUT2D eigenvalue weighted by molar-refractivity contribution is -0.129. The van der Waals surface area contributed by atoms with Crippen LogP contribution in [0.15, 0.2) is 42.5 Å². The Kier molecular flexibility index (Phi) is 7.23. The van der Waals surface area contributed by atoms with Gasteiger partial charge in [-0.05, 0) is 24.6 Å². The number of anilines is 1. The Balaban J connectivity index is 1.93. The summed E-state index contributed by atoms with van der Waals surface area (Å²) < 4.78 is 10.4. The largest absolute Gasteiger partial charge is 0.493 e. The van der Waals surface area contributed by atoms with Crippen molar-refractivity contribution in [1.82, 2.24) is 4.90 Å². The molecule has 0 spiro atoms. The van der Waals surface area contributed by atoms with Gasteiger partial charge in [0.25, 0.3) is 0 Å². The number of carbonyl (C=O) groups excluding carboxylic acids is 2. The maximum Gasteiger partial charge on any atom is 0.226 e. The van der Waals surface area contributed by atoms with Crippen LogP contribution in [0.25, 0.3) is 0 Å². The molecule has 0 radical (unpaired) electrons. The van der Waals surface area contributed by atoms with E-state index in [9.17, 15) is 9.59 Å². The molecule has 2 rings (SSSR count). The highest BCUT2D eigenvalue weighted by molar-refractivity contribution is 5.91. The molecule has 0 atom stereocenters. The second kappa shape index (κ2) is 9.62. The van der Waals surface area contributed by atoms with E-state index < -0.39 is 0 Å². The molecule has 0 aliphatic rings. The minimum absolute atomic E-state index is 0.0607. The summed E-state index contributed by atoms with van der Waals surface area (Å²) in [5.41, 5.74) is 2.82. The Morgan fingerprint density at radius 1 is 1.00 bits per heavy atom. The number of rotatable bonds is 8. The van der Waals surface area contributed by atoms with Crippen LogP contribution < -0.4 is 14.8 Å². The third-order valence-electron chi connectivity index (χ3n) is 4.22. The van der Waals surface area contributed by atoms with Gasteiger partial charge in [0.05, 0.1) is 14.2 Å². The first-order chi connectivity index (χ1) is 12.9. The van der Waals surface area contributed by atoms with Crippen LogP contribution in [0.4, 0.5) is 5.69 Å². The van der Waals surface area contributed by atoms with Gasteiger partial charge in [-0.25, -0.2) is 0 Å². The van der Waals surface area contributed by atoms with Crippen molar-refractivity contribution in [3.8, 4) is 11.5 Å². The fraction of sp³-hybridized carbons (Fsp3) is 0.333. The second-order valence-corrected chi connectivity index (χ2v) is 6.29. The highest BCUT2D eigenvalue weighted by Gasteiger charge is 2.13. The number of nitrogens with zero attached hydrogens (tertiary/aromatic N) is 1. The monoisotopic (exact) mass is 370 g/mol. The van der Waals surface area contributed by atoms with Gasteiger partial charge in [0.2, 0.25) is 11.8 Å². The smallest absolute Gasteiger partial charge is 0.226 e. The summed E-state index contributed by atoms with van der Waals surface area (Å²) in [6, 6.07) is 13.2. The van der Waals surface area contributed by atoms with Crippen molar-refractivity contribution in [3.63, 3.8) is 0 Å². The highest BCUT2D eigenvalue weighted by atomic mass is 16.5. The standard InChI is InChI=1S/C21H26N2O4/c1-15-5-7-17(8-6-15)14-23(16(2)24)12-11-21(25)22-18-9-10-19(26-3)20(13-18)27-4/h5-10,13H,11-12,14H2,1-4H3,(H,22,25). The van der Waals surface area contributed by atoms with E-state index >= 15 is 0 Å². The summed E-state index contributed by atoms with van der Waals surface area (Å²) in [6.07, 6.45) is 0.208. The van der Waals surface area contributed by atoms with Crippen molar-refractivity contribution in [1.29, 1.82) is 0 Å². The topological polar surface area (TPSA) is 67.9 Å². The fourth-order valence-electron chi connectivity index (χ4n) is 2.64. The van der Waals surface area contributed by atoms with Gasteiger partial charge in [0.1, 0.15) is 0 Å². The molecule has 2 aromatic rings. The summed E-state index contributed by atoms with van der Waals surface area (Å²) in [5.74, 6) is 0.906. The van der Waals surface area contributed by atoms with Crippen molar-refractivity contribution < 1.29 is 19.1 Å². The molecule has 0 aliphatic heterocycles. The second-order valence-electron chi connectivity index (χ2n) is 6.29. The van der Waals surface area contributed by atoms with E-state index in [1.165, 1.54) is 12.5 Å². The number of methoxy groups -OCH3 is 2. The lowest BCUT2D eigenvalue weighted by Gasteiger charge is -2.21. The molecule has 0 fully saturated rings. The molecule has 6 nitrogen and oxygen atoms in total. The summed E-state index contributed by atoms with van der Waals surface area (Å²) in [5, 5.41) is 2.82. The molecule has 0 aliphatic carbocycles. The minimum Gasteiger partial charge on any atom is -0.493 e. The lowest BCUT2D eigenvalue weighted by Crippen LogP contribution is -2.31. The summed E-state index contributed by atoms with van der Waals surface area (Å²) in [6.45, 7) is 4.37. The van der Waals surface area contributed by atoms with E-state index in [-0.39, 0.29) is 18.2 Å². The SMILES string of the molecule is COc1ccc(NC(=O)CCN(Cc2ccc(C)cc2)C(C)=O)cc1OC. The first-order valence-corrected chi connectivity index (χ1v) is 8.76. The van der Waals surface area contributed by atoms with Gasteiger partial charge in [-0.1, -0.05) is 29.8 Å². The van der Waals surface area contributed by atoms with Crippen LogP contribution >= 0.6 is 0 Å². The zero-order valence-corrected chi connectivity index (χ0v) is 16.2. The van der Waals surface area contributed by atoms with E-state index in [0.717, 1.165) is 5.56 Å². The Morgan fingerprint density at radius 3 is 2.26 bits per heavy atom. The third kappa shape index (κ3) is 6.02. The number of carbonyl (C=O) groups is 2. The van der Waals surface area contributed by atoms with Crippen LogP contribution in [-0.2, 0) is 16.1 Å². The quantitative estimate of drug-likeness (QED) is 0.773. The predicted molar refractivity (Wildman–Crippen MR) is 105 cm³/mol. The summed E-state index contributed by atoms with van der Waals surface area (Å²) >= 11 is 0. The van der Waals surface area contributed by atoms with Crippen molar-refractivity contribution in [2.24, 2.45) is 0 Å². The molecular weight excluding hydrogens is 344 g/mol. The molecule has 0 bridgehead atoms. The van der Waals surface area contributed by atoms with E-state index in [4.69, 9.17) is 9.47 Å². The predicted octanol–water partition coefficient (Wildman–Crippen LogP) is 3.39. The average Bonchev–Trinajstić information content (AvgIpc) is 2.66. The molecule has 2 amide bonds. The maximum absolute atomic E-state index is 12.3. The van der Waals surface area contributed by atoms with E-state index in [1.54, 1.807) is 37.3 Å². The minimum atomic E-state index is -0.169. The number of nitrogens with one attached hydrogen (secondary N) is 1. The highest BCUT2D eigenvalue weighted by Crippen LogP contribution is 2.29. The maximum atomic E-state index is 12.3. The number of aryl methyl sites for hydroxylation is 1. The van der Waals surface area contributed by atoms with Gasteiger partial charge in [0.15, 0.2) is 11.5 Å². The lowest BCUT2D eigenvalue weighted by atomic mass is 10.1. The molecule has 2 aromatic carbocycles. The molecule has 0 unspecified atom stereocenters. The average molecular weight is 370 g/mol. The zero-order valence-electron chi connectivity index (χ0n) is 16.2. The molecule has 6 heteroatoms. The van der Waals surface area contributed by atoms with E-state index in [2.05, 4.69) is 5.32 Å². The number of hydrogen-bond donors (Lipinski definition) is 1. The molecule has 0 saturated carbocycles. The summed E-state index contributed by atoms with van der Waals surface area (Å²) in [4.78, 5) is 25.8. The Bertz CT molecular complexity index is 787. The Hall–Kier alpha value is -3.02. The molecule has 0 saturated heterocycles. The van der Waals surface area contributed by atoms with Gasteiger partial charge in [0, 0.05) is 38.2 Å². The molecule has 0 heterocycles. The fourth-order valence-corrected chi connectivity index (χ4v) is 2.64. The van der Waals surface area contributed by atoms with Crippen LogP contribution in [0.1, 0.15) is 24.5 Å². The molecule has 144 valence electrons. The van der Waals surface area contributed by atoms with Crippen molar-refractivity contribution in [2.75, 3.05) is 26.1 Å². The van der Waals surface area contributed by atoms with Crippen LogP contribution in [-0.4, -0.2) is 37.5 Å². The van der Waals surface area contributed by atoms with Gasteiger partial charge in [-0.3, -0.25) is 9.59 Å². The molecule has 0 aromatic heterocycles. The number of ether oxygens (including phenoxy) is 2. The van der Waals surface area contributed by atoms with Crippen LogP contribution in [0, 0.1) is 6.92 Å².